The van der Waals surface area contributed by atoms with Crippen LogP contribution >= 0.6 is 11.6 Å². The van der Waals surface area contributed by atoms with Gasteiger partial charge < -0.3 is 5.32 Å². The van der Waals surface area contributed by atoms with Crippen LogP contribution in [0.3, 0.4) is 0 Å². The quantitative estimate of drug-likeness (QED) is 0.903. The summed E-state index contributed by atoms with van der Waals surface area (Å²) in [5.41, 5.74) is 0. The van der Waals surface area contributed by atoms with Gasteiger partial charge in [-0.15, -0.1) is 0 Å². The Morgan fingerprint density at radius 3 is 2.71 bits per heavy atom. The second-order valence-corrected chi connectivity index (χ2v) is 8.10. The van der Waals surface area contributed by atoms with Crippen LogP contribution in [0.4, 0.5) is 0 Å². The molecular formula is C15H23ClN2O2S. The van der Waals surface area contributed by atoms with E-state index in [1.165, 1.54) is 12.5 Å². The van der Waals surface area contributed by atoms with E-state index in [-0.39, 0.29) is 17.0 Å². The molecule has 118 valence electrons. The smallest absolute Gasteiger partial charge is 0.243 e. The van der Waals surface area contributed by atoms with Crippen LogP contribution < -0.4 is 5.32 Å². The molecule has 1 heterocycles. The van der Waals surface area contributed by atoms with Gasteiger partial charge in [0.25, 0.3) is 0 Å². The summed E-state index contributed by atoms with van der Waals surface area (Å²) in [6, 6.07) is 6.62. The van der Waals surface area contributed by atoms with Gasteiger partial charge in [-0.05, 0) is 51.4 Å². The zero-order valence-electron chi connectivity index (χ0n) is 12.5. The Bertz CT molecular complexity index is 569. The normalized spacial score (nSPS) is 20.1. The maximum absolute atomic E-state index is 12.8. The van der Waals surface area contributed by atoms with Crippen LogP contribution in [0.25, 0.3) is 0 Å². The van der Waals surface area contributed by atoms with Gasteiger partial charge in [0.05, 0.1) is 4.90 Å². The summed E-state index contributed by atoms with van der Waals surface area (Å²) in [4.78, 5) is 0.263. The lowest BCUT2D eigenvalue weighted by Gasteiger charge is -2.32. The molecule has 21 heavy (non-hydrogen) atoms. The zero-order chi connectivity index (χ0) is 15.5. The Hall–Kier alpha value is -0.620. The van der Waals surface area contributed by atoms with Crippen molar-refractivity contribution in [2.45, 2.75) is 50.1 Å². The third kappa shape index (κ3) is 4.19. The molecule has 0 radical (unpaired) electrons. The highest BCUT2D eigenvalue weighted by Gasteiger charge is 2.30. The molecule has 1 atom stereocenters. The van der Waals surface area contributed by atoms with Crippen molar-refractivity contribution in [2.75, 3.05) is 13.1 Å². The van der Waals surface area contributed by atoms with Gasteiger partial charge in [-0.3, -0.25) is 0 Å². The molecule has 4 nitrogen and oxygen atoms in total. The molecule has 2 rings (SSSR count). The summed E-state index contributed by atoms with van der Waals surface area (Å²) < 4.78 is 27.2. The average molecular weight is 331 g/mol. The van der Waals surface area contributed by atoms with Crippen LogP contribution in [-0.2, 0) is 10.0 Å². The Morgan fingerprint density at radius 2 is 2.14 bits per heavy atom. The minimum absolute atomic E-state index is 0.0855. The highest BCUT2D eigenvalue weighted by Crippen LogP contribution is 2.22. The summed E-state index contributed by atoms with van der Waals surface area (Å²) in [5.74, 6) is 0. The molecule has 1 aliphatic heterocycles. The topological polar surface area (TPSA) is 49.4 Å². The second-order valence-electron chi connectivity index (χ2n) is 5.77. The van der Waals surface area contributed by atoms with E-state index >= 15 is 0 Å². The maximum Gasteiger partial charge on any atom is 0.243 e. The molecule has 0 amide bonds. The van der Waals surface area contributed by atoms with Crippen LogP contribution in [0.2, 0.25) is 5.02 Å². The number of hydrogen-bond acceptors (Lipinski definition) is 3. The first-order chi connectivity index (χ1) is 9.91. The number of nitrogens with one attached hydrogen (secondary N) is 1. The lowest BCUT2D eigenvalue weighted by atomic mass is 10.1. The van der Waals surface area contributed by atoms with Crippen LogP contribution in [-0.4, -0.2) is 37.9 Å². The highest BCUT2D eigenvalue weighted by atomic mass is 35.5. The average Bonchev–Trinajstić information content (AvgIpc) is 2.45. The minimum Gasteiger partial charge on any atom is -0.313 e. The van der Waals surface area contributed by atoms with Gasteiger partial charge in [0.15, 0.2) is 0 Å². The van der Waals surface area contributed by atoms with Gasteiger partial charge >= 0.3 is 0 Å². The van der Waals surface area contributed by atoms with E-state index in [4.69, 9.17) is 11.6 Å². The van der Waals surface area contributed by atoms with Crippen LogP contribution in [0.1, 0.15) is 33.1 Å². The van der Waals surface area contributed by atoms with Gasteiger partial charge in [-0.1, -0.05) is 24.1 Å². The molecule has 0 spiro atoms. The first-order valence-electron chi connectivity index (χ1n) is 7.42. The van der Waals surface area contributed by atoms with Gasteiger partial charge in [0.1, 0.15) is 0 Å². The van der Waals surface area contributed by atoms with E-state index in [0.29, 0.717) is 11.6 Å². The molecule has 0 bridgehead atoms. The molecule has 1 N–H and O–H groups in total. The fraction of sp³-hybridized carbons (Fsp3) is 0.600. The van der Waals surface area contributed by atoms with E-state index in [9.17, 15) is 8.42 Å². The molecule has 1 unspecified atom stereocenters. The van der Waals surface area contributed by atoms with Crippen molar-refractivity contribution < 1.29 is 8.42 Å². The number of piperidine rings is 1. The zero-order valence-corrected chi connectivity index (χ0v) is 14.1. The number of halogens is 1. The molecule has 1 aromatic carbocycles. The molecule has 1 aliphatic rings. The van der Waals surface area contributed by atoms with Crippen LogP contribution in [0.15, 0.2) is 29.2 Å². The Balaban J connectivity index is 2.23. The minimum atomic E-state index is -3.51. The van der Waals surface area contributed by atoms with Crippen LogP contribution in [0.5, 0.6) is 0 Å². The Kier molecular flexibility index (Phi) is 5.66. The van der Waals surface area contributed by atoms with Crippen molar-refractivity contribution >= 4 is 21.6 Å². The third-order valence-electron chi connectivity index (χ3n) is 3.79. The van der Waals surface area contributed by atoms with E-state index in [1.54, 1.807) is 22.5 Å². The van der Waals surface area contributed by atoms with Crippen molar-refractivity contribution in [1.29, 1.82) is 0 Å². The van der Waals surface area contributed by atoms with E-state index < -0.39 is 10.0 Å². The Labute approximate surface area is 132 Å². The van der Waals surface area contributed by atoms with E-state index in [0.717, 1.165) is 19.4 Å². The molecule has 0 aromatic heterocycles. The van der Waals surface area contributed by atoms with E-state index in [1.807, 2.05) is 13.8 Å². The van der Waals surface area contributed by atoms with Crippen LogP contribution in [0, 0.1) is 0 Å². The summed E-state index contributed by atoms with van der Waals surface area (Å²) >= 11 is 5.93. The molecule has 0 aliphatic carbocycles. The summed E-state index contributed by atoms with van der Waals surface area (Å²) in [6.07, 6.45) is 3.34. The lowest BCUT2D eigenvalue weighted by Crippen LogP contribution is -2.48. The largest absolute Gasteiger partial charge is 0.313 e. The molecular weight excluding hydrogens is 308 g/mol. The molecule has 1 saturated heterocycles. The van der Waals surface area contributed by atoms with Crippen molar-refractivity contribution in [1.82, 2.24) is 9.62 Å². The van der Waals surface area contributed by atoms with Crippen molar-refractivity contribution in [2.24, 2.45) is 0 Å². The number of hydrogen-bond donors (Lipinski definition) is 1. The second kappa shape index (κ2) is 7.09. The maximum atomic E-state index is 12.8. The summed E-state index contributed by atoms with van der Waals surface area (Å²) in [7, 11) is -3.51. The van der Waals surface area contributed by atoms with Crippen molar-refractivity contribution in [3.8, 4) is 0 Å². The first kappa shape index (κ1) is 16.7. The standard InChI is InChI=1S/C15H23ClN2O2S/c1-12(2)18(11-14-7-3-4-9-17-14)21(19,20)15-8-5-6-13(16)10-15/h5-6,8,10,12,14,17H,3-4,7,9,11H2,1-2H3. The fourth-order valence-corrected chi connectivity index (χ4v) is 4.63. The number of rotatable bonds is 5. The third-order valence-corrected chi connectivity index (χ3v) is 6.06. The molecule has 1 fully saturated rings. The number of sulfonamides is 1. The number of nitrogens with zero attached hydrogens (tertiary/aromatic N) is 1. The van der Waals surface area contributed by atoms with Crippen molar-refractivity contribution in [3.05, 3.63) is 29.3 Å². The Morgan fingerprint density at radius 1 is 1.38 bits per heavy atom. The molecule has 0 saturated carbocycles. The lowest BCUT2D eigenvalue weighted by molar-refractivity contribution is 0.282. The SMILES string of the molecule is CC(C)N(CC1CCCCN1)S(=O)(=O)c1cccc(Cl)c1. The van der Waals surface area contributed by atoms with Crippen molar-refractivity contribution in [3.63, 3.8) is 0 Å². The fourth-order valence-electron chi connectivity index (χ4n) is 2.65. The predicted octanol–water partition coefficient (Wildman–Crippen LogP) is 2.88. The van der Waals surface area contributed by atoms with Gasteiger partial charge in [0, 0.05) is 23.7 Å². The monoisotopic (exact) mass is 330 g/mol. The number of benzene rings is 1. The first-order valence-corrected chi connectivity index (χ1v) is 9.24. The van der Waals surface area contributed by atoms with Gasteiger partial charge in [-0.25, -0.2) is 8.42 Å². The summed E-state index contributed by atoms with van der Waals surface area (Å²) in [6.45, 7) is 5.29. The molecule has 6 heteroatoms. The van der Waals surface area contributed by atoms with Gasteiger partial charge in [0.2, 0.25) is 10.0 Å². The summed E-state index contributed by atoms with van der Waals surface area (Å²) in [5, 5.41) is 3.85. The van der Waals surface area contributed by atoms with E-state index in [2.05, 4.69) is 5.32 Å². The van der Waals surface area contributed by atoms with Gasteiger partial charge in [-0.2, -0.15) is 4.31 Å². The molecule has 1 aromatic rings. The highest BCUT2D eigenvalue weighted by molar-refractivity contribution is 7.89. The predicted molar refractivity (Wildman–Crippen MR) is 86.1 cm³/mol.